The van der Waals surface area contributed by atoms with Crippen molar-refractivity contribution in [2.24, 2.45) is 5.92 Å². The summed E-state index contributed by atoms with van der Waals surface area (Å²) < 4.78 is 4.10. The molecule has 7 heteroatoms. The fraction of sp³-hybridized carbons (Fsp3) is 0.455. The maximum atomic E-state index is 12.6. The first kappa shape index (κ1) is 18.2. The Hall–Kier alpha value is -2.80. The van der Waals surface area contributed by atoms with E-state index in [9.17, 15) is 4.79 Å². The number of nitrogens with zero attached hydrogens (tertiary/aromatic N) is 6. The van der Waals surface area contributed by atoms with Crippen LogP contribution in [-0.4, -0.2) is 42.1 Å². The molecule has 0 amide bonds. The minimum absolute atomic E-state index is 0.00891. The van der Waals surface area contributed by atoms with Crippen molar-refractivity contribution < 1.29 is 0 Å². The van der Waals surface area contributed by atoms with Gasteiger partial charge in [-0.1, -0.05) is 0 Å². The van der Waals surface area contributed by atoms with E-state index in [1.165, 1.54) is 18.5 Å². The molecule has 1 aliphatic carbocycles. The quantitative estimate of drug-likeness (QED) is 0.647. The van der Waals surface area contributed by atoms with Crippen molar-refractivity contribution in [2.45, 2.75) is 44.8 Å². The van der Waals surface area contributed by atoms with Gasteiger partial charge in [0.15, 0.2) is 0 Å². The highest BCUT2D eigenvalue weighted by Gasteiger charge is 2.27. The fourth-order valence-electron chi connectivity index (χ4n) is 4.21. The lowest BCUT2D eigenvalue weighted by Crippen LogP contribution is -2.36. The van der Waals surface area contributed by atoms with Crippen molar-refractivity contribution in [1.82, 2.24) is 29.0 Å². The van der Waals surface area contributed by atoms with Crippen LogP contribution in [0, 0.1) is 5.92 Å². The van der Waals surface area contributed by atoms with Crippen molar-refractivity contribution in [3.63, 3.8) is 0 Å². The van der Waals surface area contributed by atoms with Crippen molar-refractivity contribution in [1.29, 1.82) is 0 Å². The van der Waals surface area contributed by atoms with Gasteiger partial charge in [-0.25, -0.2) is 9.97 Å². The van der Waals surface area contributed by atoms with Crippen LogP contribution in [0.1, 0.15) is 37.4 Å². The molecule has 0 aromatic carbocycles. The van der Waals surface area contributed by atoms with Gasteiger partial charge in [0.05, 0.1) is 24.0 Å². The number of piperidine rings is 1. The van der Waals surface area contributed by atoms with E-state index < -0.39 is 0 Å². The molecule has 2 aliphatic rings. The molecule has 29 heavy (non-hydrogen) atoms. The van der Waals surface area contributed by atoms with E-state index in [0.29, 0.717) is 17.7 Å². The van der Waals surface area contributed by atoms with Gasteiger partial charge in [-0.2, -0.15) is 0 Å². The third kappa shape index (κ3) is 4.15. The van der Waals surface area contributed by atoms with Crippen molar-refractivity contribution in [3.8, 4) is 11.3 Å². The molecule has 3 aromatic heterocycles. The summed E-state index contributed by atoms with van der Waals surface area (Å²) >= 11 is 0. The molecule has 0 N–H and O–H groups in total. The number of likely N-dealkylation sites (tertiary alicyclic amines) is 1. The van der Waals surface area contributed by atoms with Crippen molar-refractivity contribution >= 4 is 0 Å². The number of rotatable bonds is 6. The van der Waals surface area contributed by atoms with E-state index in [1.54, 1.807) is 29.4 Å². The highest BCUT2D eigenvalue weighted by atomic mass is 16.1. The van der Waals surface area contributed by atoms with Gasteiger partial charge >= 0.3 is 0 Å². The summed E-state index contributed by atoms with van der Waals surface area (Å²) in [6.45, 7) is 3.85. The maximum absolute atomic E-state index is 12.6. The van der Waals surface area contributed by atoms with Gasteiger partial charge in [-0.15, -0.1) is 0 Å². The van der Waals surface area contributed by atoms with Gasteiger partial charge < -0.3 is 4.57 Å². The second-order valence-corrected chi connectivity index (χ2v) is 8.25. The first-order chi connectivity index (χ1) is 14.3. The van der Waals surface area contributed by atoms with E-state index in [2.05, 4.69) is 24.4 Å². The second kappa shape index (κ2) is 7.91. The molecule has 3 aromatic rings. The van der Waals surface area contributed by atoms with E-state index >= 15 is 0 Å². The van der Waals surface area contributed by atoms with E-state index in [-0.39, 0.29) is 5.56 Å². The zero-order chi connectivity index (χ0) is 19.6. The standard InChI is InChI=1S/C22H26N6O/c29-22-10-21(18-2-1-7-23-11-18)25-16-27(22)13-17-5-8-26(9-6-17)14-20-12-24-15-28(20)19-3-4-19/h1-2,7,10-12,15-17,19H,3-6,8-9,13-14H2. The minimum Gasteiger partial charge on any atom is -0.330 e. The summed E-state index contributed by atoms with van der Waals surface area (Å²) in [6, 6.07) is 6.07. The molecule has 0 atom stereocenters. The van der Waals surface area contributed by atoms with E-state index in [1.807, 2.05) is 24.7 Å². The van der Waals surface area contributed by atoms with Crippen LogP contribution >= 0.6 is 0 Å². The van der Waals surface area contributed by atoms with Crippen LogP contribution in [0.2, 0.25) is 0 Å². The Kier molecular flexibility index (Phi) is 4.97. The zero-order valence-corrected chi connectivity index (χ0v) is 16.5. The van der Waals surface area contributed by atoms with Crippen molar-refractivity contribution in [2.75, 3.05) is 13.1 Å². The highest BCUT2D eigenvalue weighted by molar-refractivity contribution is 5.56. The first-order valence-electron chi connectivity index (χ1n) is 10.5. The maximum Gasteiger partial charge on any atom is 0.253 e. The molecule has 4 heterocycles. The molecule has 7 nitrogen and oxygen atoms in total. The fourth-order valence-corrected chi connectivity index (χ4v) is 4.21. The predicted molar refractivity (Wildman–Crippen MR) is 110 cm³/mol. The van der Waals surface area contributed by atoms with E-state index in [0.717, 1.165) is 44.6 Å². The largest absolute Gasteiger partial charge is 0.330 e. The molecule has 0 radical (unpaired) electrons. The van der Waals surface area contributed by atoms with Gasteiger partial charge in [0, 0.05) is 49.4 Å². The Labute approximate surface area is 170 Å². The molecule has 5 rings (SSSR count). The Morgan fingerprint density at radius 3 is 2.62 bits per heavy atom. The second-order valence-electron chi connectivity index (χ2n) is 8.25. The smallest absolute Gasteiger partial charge is 0.253 e. The molecule has 1 saturated carbocycles. The lowest BCUT2D eigenvalue weighted by molar-refractivity contribution is 0.163. The lowest BCUT2D eigenvalue weighted by Gasteiger charge is -2.32. The highest BCUT2D eigenvalue weighted by Crippen LogP contribution is 2.36. The van der Waals surface area contributed by atoms with Gasteiger partial charge in [0.25, 0.3) is 5.56 Å². The third-order valence-electron chi connectivity index (χ3n) is 6.07. The summed E-state index contributed by atoms with van der Waals surface area (Å²) in [7, 11) is 0. The number of hydrogen-bond acceptors (Lipinski definition) is 5. The van der Waals surface area contributed by atoms with Gasteiger partial charge in [0.2, 0.25) is 0 Å². The van der Waals surface area contributed by atoms with Gasteiger partial charge in [-0.05, 0) is 56.8 Å². The Bertz CT molecular complexity index is 1020. The van der Waals surface area contributed by atoms with Crippen LogP contribution < -0.4 is 5.56 Å². The van der Waals surface area contributed by atoms with Crippen LogP contribution in [0.4, 0.5) is 0 Å². The molecular weight excluding hydrogens is 364 g/mol. The van der Waals surface area contributed by atoms with Crippen LogP contribution in [0.3, 0.4) is 0 Å². The summed E-state index contributed by atoms with van der Waals surface area (Å²) in [5.41, 5.74) is 2.89. The van der Waals surface area contributed by atoms with Gasteiger partial charge in [0.1, 0.15) is 0 Å². The summed E-state index contributed by atoms with van der Waals surface area (Å²) in [4.78, 5) is 28.0. The van der Waals surface area contributed by atoms with Crippen LogP contribution in [0.5, 0.6) is 0 Å². The molecule has 0 spiro atoms. The van der Waals surface area contributed by atoms with Crippen molar-refractivity contribution in [3.05, 3.63) is 65.5 Å². The predicted octanol–water partition coefficient (Wildman–Crippen LogP) is 2.75. The third-order valence-corrected chi connectivity index (χ3v) is 6.07. The lowest BCUT2D eigenvalue weighted by atomic mass is 9.96. The normalized spacial score (nSPS) is 18.2. The van der Waals surface area contributed by atoms with Crippen LogP contribution in [-0.2, 0) is 13.1 Å². The minimum atomic E-state index is 0.00891. The van der Waals surface area contributed by atoms with Crippen LogP contribution in [0.15, 0.2) is 54.2 Å². The monoisotopic (exact) mass is 390 g/mol. The molecule has 0 bridgehead atoms. The summed E-state index contributed by atoms with van der Waals surface area (Å²) in [5.74, 6) is 0.517. The Morgan fingerprint density at radius 2 is 1.90 bits per heavy atom. The Balaban J connectivity index is 1.17. The number of pyridine rings is 1. The molecular formula is C22H26N6O. The average molecular weight is 390 g/mol. The molecule has 2 fully saturated rings. The SMILES string of the molecule is O=c1cc(-c2cccnc2)ncn1CC1CCN(Cc2cncn2C2CC2)CC1. The molecule has 1 saturated heterocycles. The summed E-state index contributed by atoms with van der Waals surface area (Å²) in [5, 5.41) is 0. The topological polar surface area (TPSA) is 68.8 Å². The Morgan fingerprint density at radius 1 is 1.03 bits per heavy atom. The molecule has 1 aliphatic heterocycles. The summed E-state index contributed by atoms with van der Waals surface area (Å²) in [6.07, 6.45) is 13.9. The van der Waals surface area contributed by atoms with Crippen LogP contribution in [0.25, 0.3) is 11.3 Å². The number of hydrogen-bond donors (Lipinski definition) is 0. The number of aromatic nitrogens is 5. The molecule has 150 valence electrons. The average Bonchev–Trinajstić information content (AvgIpc) is 3.50. The number of imidazole rings is 1. The van der Waals surface area contributed by atoms with E-state index in [4.69, 9.17) is 0 Å². The van der Waals surface area contributed by atoms with Gasteiger partial charge in [-0.3, -0.25) is 19.2 Å². The molecule has 0 unspecified atom stereocenters. The first-order valence-corrected chi connectivity index (χ1v) is 10.5. The zero-order valence-electron chi connectivity index (χ0n) is 16.5.